The number of rotatable bonds is 5. The van der Waals surface area contributed by atoms with Crippen LogP contribution in [0.15, 0.2) is 42.6 Å². The average Bonchev–Trinajstić information content (AvgIpc) is 2.45. The number of pyridine rings is 1. The van der Waals surface area contributed by atoms with Gasteiger partial charge in [0.2, 0.25) is 10.0 Å². The number of carboxylic acid groups (broad SMARTS) is 1. The van der Waals surface area contributed by atoms with Crippen molar-refractivity contribution in [2.24, 2.45) is 0 Å². The van der Waals surface area contributed by atoms with E-state index in [0.717, 1.165) is 6.26 Å². The van der Waals surface area contributed by atoms with E-state index < -0.39 is 16.0 Å². The summed E-state index contributed by atoms with van der Waals surface area (Å²) in [6.45, 7) is 0.0969. The summed E-state index contributed by atoms with van der Waals surface area (Å²) >= 11 is 0. The molecule has 1 heterocycles. The smallest absolute Gasteiger partial charge is 0.336 e. The predicted octanol–water partition coefficient (Wildman–Crippen LogP) is 1.50. The summed E-state index contributed by atoms with van der Waals surface area (Å²) in [5.74, 6) is -1.01. The highest BCUT2D eigenvalue weighted by atomic mass is 32.2. The van der Waals surface area contributed by atoms with Gasteiger partial charge in [0.25, 0.3) is 0 Å². The summed E-state index contributed by atoms with van der Waals surface area (Å²) < 4.78 is 24.4. The molecule has 21 heavy (non-hydrogen) atoms. The zero-order chi connectivity index (χ0) is 15.5. The van der Waals surface area contributed by atoms with Gasteiger partial charge >= 0.3 is 5.97 Å². The summed E-state index contributed by atoms with van der Waals surface area (Å²) in [6.07, 6.45) is 2.60. The van der Waals surface area contributed by atoms with E-state index in [1.54, 1.807) is 30.3 Å². The van der Waals surface area contributed by atoms with Gasteiger partial charge < -0.3 is 5.11 Å². The lowest BCUT2D eigenvalue weighted by Gasteiger charge is -2.07. The van der Waals surface area contributed by atoms with Crippen LogP contribution in [0.5, 0.6) is 0 Å². The Labute approximate surface area is 122 Å². The number of carbonyl (C=O) groups is 1. The fourth-order valence-corrected chi connectivity index (χ4v) is 2.22. The maximum atomic E-state index is 11.2. The Morgan fingerprint density at radius 3 is 2.52 bits per heavy atom. The zero-order valence-electron chi connectivity index (χ0n) is 11.3. The molecular weight excluding hydrogens is 292 g/mol. The molecule has 2 rings (SSSR count). The van der Waals surface area contributed by atoms with Gasteiger partial charge in [0.15, 0.2) is 0 Å². The van der Waals surface area contributed by atoms with Crippen molar-refractivity contribution in [3.63, 3.8) is 0 Å². The molecule has 2 aromatic rings. The first-order valence-electron chi connectivity index (χ1n) is 6.09. The summed E-state index contributed by atoms with van der Waals surface area (Å²) in [5.41, 5.74) is 1.98. The van der Waals surface area contributed by atoms with Crippen molar-refractivity contribution in [1.29, 1.82) is 0 Å². The Balaban J connectivity index is 2.25. The third-order valence-corrected chi connectivity index (χ3v) is 3.48. The van der Waals surface area contributed by atoms with Gasteiger partial charge in [-0.25, -0.2) is 17.9 Å². The highest BCUT2D eigenvalue weighted by Gasteiger charge is 2.11. The second-order valence-corrected chi connectivity index (χ2v) is 6.32. The van der Waals surface area contributed by atoms with Crippen LogP contribution in [0, 0.1) is 0 Å². The van der Waals surface area contributed by atoms with E-state index >= 15 is 0 Å². The predicted molar refractivity (Wildman–Crippen MR) is 78.3 cm³/mol. The third kappa shape index (κ3) is 4.11. The Morgan fingerprint density at radius 1 is 1.24 bits per heavy atom. The minimum Gasteiger partial charge on any atom is -0.478 e. The lowest BCUT2D eigenvalue weighted by molar-refractivity contribution is 0.0697. The molecular formula is C14H14N2O4S. The van der Waals surface area contributed by atoms with Crippen LogP contribution in [0.2, 0.25) is 0 Å². The van der Waals surface area contributed by atoms with Crippen LogP contribution in [0.3, 0.4) is 0 Å². The molecule has 0 unspecified atom stereocenters. The second kappa shape index (κ2) is 6.02. The lowest BCUT2D eigenvalue weighted by atomic mass is 10.0. The molecule has 0 fully saturated rings. The van der Waals surface area contributed by atoms with E-state index in [2.05, 4.69) is 9.71 Å². The first-order valence-corrected chi connectivity index (χ1v) is 7.98. The Hall–Kier alpha value is -2.25. The number of nitrogens with zero attached hydrogens (tertiary/aromatic N) is 1. The van der Waals surface area contributed by atoms with Crippen molar-refractivity contribution < 1.29 is 18.3 Å². The highest BCUT2D eigenvalue weighted by molar-refractivity contribution is 7.88. The van der Waals surface area contributed by atoms with Crippen LogP contribution in [0.25, 0.3) is 11.1 Å². The molecule has 0 aliphatic rings. The molecule has 1 aromatic heterocycles. The molecule has 0 saturated heterocycles. The van der Waals surface area contributed by atoms with Crippen LogP contribution in [-0.2, 0) is 16.6 Å². The molecule has 0 atom stereocenters. The van der Waals surface area contributed by atoms with Gasteiger partial charge in [-0.2, -0.15) is 0 Å². The quantitative estimate of drug-likeness (QED) is 0.872. The molecule has 0 amide bonds. The van der Waals surface area contributed by atoms with Gasteiger partial charge in [0.05, 0.1) is 24.1 Å². The van der Waals surface area contributed by atoms with E-state index in [-0.39, 0.29) is 12.1 Å². The molecule has 0 spiro atoms. The van der Waals surface area contributed by atoms with E-state index in [1.165, 1.54) is 12.3 Å². The third-order valence-electron chi connectivity index (χ3n) is 2.81. The van der Waals surface area contributed by atoms with Crippen LogP contribution in [0.4, 0.5) is 0 Å². The van der Waals surface area contributed by atoms with Crippen molar-refractivity contribution in [2.45, 2.75) is 6.54 Å². The minimum atomic E-state index is -3.27. The number of aromatic nitrogens is 1. The maximum absolute atomic E-state index is 11.2. The van der Waals surface area contributed by atoms with Crippen molar-refractivity contribution in [3.05, 3.63) is 53.9 Å². The number of hydrogen-bond donors (Lipinski definition) is 2. The van der Waals surface area contributed by atoms with Crippen molar-refractivity contribution in [3.8, 4) is 11.1 Å². The van der Waals surface area contributed by atoms with Crippen molar-refractivity contribution in [2.75, 3.05) is 6.26 Å². The summed E-state index contributed by atoms with van der Waals surface area (Å²) in [6, 6.07) is 10.0. The number of sulfonamides is 1. The molecule has 6 nitrogen and oxygen atoms in total. The first kappa shape index (κ1) is 15.1. The van der Waals surface area contributed by atoms with Crippen LogP contribution < -0.4 is 4.72 Å². The SMILES string of the molecule is CS(=O)(=O)NCc1ccc(-c2ccccc2C(=O)O)cn1. The minimum absolute atomic E-state index is 0.0969. The molecule has 1 aromatic carbocycles. The van der Waals surface area contributed by atoms with Gasteiger partial charge in [0.1, 0.15) is 0 Å². The fourth-order valence-electron chi connectivity index (χ4n) is 1.81. The molecule has 0 aliphatic carbocycles. The van der Waals surface area contributed by atoms with E-state index in [1.807, 2.05) is 0 Å². The van der Waals surface area contributed by atoms with E-state index in [4.69, 9.17) is 5.11 Å². The number of hydrogen-bond acceptors (Lipinski definition) is 4. The molecule has 7 heteroatoms. The molecule has 0 saturated carbocycles. The van der Waals surface area contributed by atoms with Gasteiger partial charge in [-0.3, -0.25) is 4.98 Å². The average molecular weight is 306 g/mol. The fraction of sp³-hybridized carbons (Fsp3) is 0.143. The number of carboxylic acids is 1. The topological polar surface area (TPSA) is 96.4 Å². The number of benzene rings is 1. The lowest BCUT2D eigenvalue weighted by Crippen LogP contribution is -2.21. The second-order valence-electron chi connectivity index (χ2n) is 4.48. The Morgan fingerprint density at radius 2 is 1.95 bits per heavy atom. The zero-order valence-corrected chi connectivity index (χ0v) is 12.1. The summed E-state index contributed by atoms with van der Waals surface area (Å²) in [7, 11) is -3.27. The van der Waals surface area contributed by atoms with Gasteiger partial charge in [-0.05, 0) is 17.7 Å². The van der Waals surface area contributed by atoms with Gasteiger partial charge in [-0.15, -0.1) is 0 Å². The van der Waals surface area contributed by atoms with Gasteiger partial charge in [-0.1, -0.05) is 24.3 Å². The first-order chi connectivity index (χ1) is 9.87. The monoisotopic (exact) mass is 306 g/mol. The highest BCUT2D eigenvalue weighted by Crippen LogP contribution is 2.23. The molecule has 2 N–H and O–H groups in total. The van der Waals surface area contributed by atoms with Crippen molar-refractivity contribution >= 4 is 16.0 Å². The molecule has 0 radical (unpaired) electrons. The van der Waals surface area contributed by atoms with Crippen molar-refractivity contribution in [1.82, 2.24) is 9.71 Å². The largest absolute Gasteiger partial charge is 0.478 e. The number of aromatic carboxylic acids is 1. The standard InChI is InChI=1S/C14H14N2O4S/c1-21(19,20)16-9-11-7-6-10(8-15-11)12-4-2-3-5-13(12)14(17)18/h2-8,16H,9H2,1H3,(H,17,18). The van der Waals surface area contributed by atoms with E-state index in [9.17, 15) is 13.2 Å². The van der Waals surface area contributed by atoms with Crippen LogP contribution in [-0.4, -0.2) is 30.7 Å². The van der Waals surface area contributed by atoms with Crippen LogP contribution in [0.1, 0.15) is 16.1 Å². The molecule has 110 valence electrons. The Bertz CT molecular complexity index is 755. The van der Waals surface area contributed by atoms with E-state index in [0.29, 0.717) is 16.8 Å². The molecule has 0 bridgehead atoms. The maximum Gasteiger partial charge on any atom is 0.336 e. The van der Waals surface area contributed by atoms with Gasteiger partial charge in [0, 0.05) is 11.8 Å². The normalized spacial score (nSPS) is 11.3. The Kier molecular flexibility index (Phi) is 4.35. The summed E-state index contributed by atoms with van der Waals surface area (Å²) in [5, 5.41) is 9.16. The summed E-state index contributed by atoms with van der Waals surface area (Å²) in [4.78, 5) is 15.3. The van der Waals surface area contributed by atoms with Crippen LogP contribution >= 0.6 is 0 Å². The number of nitrogens with one attached hydrogen (secondary N) is 1. The molecule has 0 aliphatic heterocycles.